The van der Waals surface area contributed by atoms with Crippen LogP contribution in [0.25, 0.3) is 11.1 Å². The molecule has 3 aromatic rings. The zero-order valence-corrected chi connectivity index (χ0v) is 13.2. The fourth-order valence-corrected chi connectivity index (χ4v) is 4.29. The minimum absolute atomic E-state index is 0.103. The van der Waals surface area contributed by atoms with Gasteiger partial charge in [0.25, 0.3) is 0 Å². The molecule has 0 aliphatic carbocycles. The fraction of sp³-hybridized carbons (Fsp3) is 0.0833. The van der Waals surface area contributed by atoms with Gasteiger partial charge in [0.15, 0.2) is 5.58 Å². The van der Waals surface area contributed by atoms with Crippen molar-refractivity contribution in [3.63, 3.8) is 0 Å². The number of hydrogen-bond donors (Lipinski definition) is 1. The number of benzene rings is 1. The van der Waals surface area contributed by atoms with E-state index in [0.717, 1.165) is 11.1 Å². The summed E-state index contributed by atoms with van der Waals surface area (Å²) in [6.45, 7) is 0. The van der Waals surface area contributed by atoms with E-state index in [2.05, 4.69) is 20.9 Å². The molecule has 19 heavy (non-hydrogen) atoms. The summed E-state index contributed by atoms with van der Waals surface area (Å²) in [4.78, 5) is 13.6. The summed E-state index contributed by atoms with van der Waals surface area (Å²) in [5.74, 6) is -0.463. The third kappa shape index (κ3) is 2.48. The average molecular weight is 379 g/mol. The molecule has 7 heteroatoms. The zero-order valence-electron chi connectivity index (χ0n) is 9.25. The molecule has 0 radical (unpaired) electrons. The van der Waals surface area contributed by atoms with Crippen LogP contribution < -0.4 is 5.76 Å². The summed E-state index contributed by atoms with van der Waals surface area (Å²) in [6, 6.07) is 7.32. The summed E-state index contributed by atoms with van der Waals surface area (Å²) in [6.07, 6.45) is 0. The van der Waals surface area contributed by atoms with Crippen molar-refractivity contribution in [2.45, 2.75) is 4.83 Å². The standard InChI is InChI=1S/C12H6BrCl2NO2S/c13-10(6-4-9(14)19-11(6)15)5-1-2-7-8(3-5)18-12(17)16-7/h1-4,10H,(H,16,17). The van der Waals surface area contributed by atoms with Crippen LogP contribution in [0, 0.1) is 0 Å². The SMILES string of the molecule is O=c1[nH]c2ccc(C(Br)c3cc(Cl)sc3Cl)cc2o1. The lowest BCUT2D eigenvalue weighted by atomic mass is 10.1. The van der Waals surface area contributed by atoms with Gasteiger partial charge >= 0.3 is 5.76 Å². The van der Waals surface area contributed by atoms with E-state index in [1.54, 1.807) is 12.1 Å². The van der Waals surface area contributed by atoms with Crippen LogP contribution in [0.3, 0.4) is 0 Å². The predicted octanol–water partition coefficient (Wildman–Crippen LogP) is 4.97. The first-order chi connectivity index (χ1) is 9.04. The number of fused-ring (bicyclic) bond motifs is 1. The Morgan fingerprint density at radius 2 is 2.11 bits per heavy atom. The van der Waals surface area contributed by atoms with E-state index in [0.29, 0.717) is 19.8 Å². The first kappa shape index (κ1) is 13.2. The fourth-order valence-electron chi connectivity index (χ4n) is 1.82. The Bertz CT molecular complexity index is 808. The molecule has 2 heterocycles. The highest BCUT2D eigenvalue weighted by Crippen LogP contribution is 2.41. The van der Waals surface area contributed by atoms with Crippen molar-refractivity contribution < 1.29 is 4.42 Å². The molecule has 0 aliphatic heterocycles. The van der Waals surface area contributed by atoms with Crippen LogP contribution in [-0.2, 0) is 0 Å². The Morgan fingerprint density at radius 1 is 1.32 bits per heavy atom. The van der Waals surface area contributed by atoms with Crippen molar-refractivity contribution in [2.75, 3.05) is 0 Å². The largest absolute Gasteiger partial charge is 0.417 e. The highest BCUT2D eigenvalue weighted by Gasteiger charge is 2.17. The molecule has 0 aliphatic rings. The molecule has 1 unspecified atom stereocenters. The van der Waals surface area contributed by atoms with E-state index in [1.807, 2.05) is 12.1 Å². The van der Waals surface area contributed by atoms with Gasteiger partial charge in [0.1, 0.15) is 0 Å². The number of H-pyrrole nitrogens is 1. The second-order valence-electron chi connectivity index (χ2n) is 3.91. The van der Waals surface area contributed by atoms with E-state index in [-0.39, 0.29) is 4.83 Å². The van der Waals surface area contributed by atoms with Gasteiger partial charge in [-0.2, -0.15) is 0 Å². The molecule has 1 N–H and O–H groups in total. The van der Waals surface area contributed by atoms with Crippen molar-refractivity contribution in [2.24, 2.45) is 0 Å². The molecule has 1 atom stereocenters. The molecular formula is C12H6BrCl2NO2S. The highest BCUT2D eigenvalue weighted by molar-refractivity contribution is 9.09. The minimum atomic E-state index is -0.463. The molecule has 0 fully saturated rings. The number of rotatable bonds is 2. The van der Waals surface area contributed by atoms with E-state index in [4.69, 9.17) is 27.6 Å². The number of halogens is 3. The van der Waals surface area contributed by atoms with Gasteiger partial charge in [0, 0.05) is 5.56 Å². The Labute approximate surface area is 130 Å². The maximum absolute atomic E-state index is 11.1. The Kier molecular flexibility index (Phi) is 3.47. The average Bonchev–Trinajstić information content (AvgIpc) is 2.88. The number of alkyl halides is 1. The topological polar surface area (TPSA) is 46.0 Å². The summed E-state index contributed by atoms with van der Waals surface area (Å²) < 4.78 is 6.32. The second-order valence-corrected chi connectivity index (χ2v) is 7.11. The quantitative estimate of drug-likeness (QED) is 0.639. The molecule has 98 valence electrons. The van der Waals surface area contributed by atoms with Crippen molar-refractivity contribution in [3.05, 3.63) is 54.6 Å². The van der Waals surface area contributed by atoms with Gasteiger partial charge in [-0.15, -0.1) is 11.3 Å². The number of aromatic amines is 1. The van der Waals surface area contributed by atoms with Crippen LogP contribution in [-0.4, -0.2) is 4.98 Å². The van der Waals surface area contributed by atoms with Crippen LogP contribution in [0.4, 0.5) is 0 Å². The molecule has 3 nitrogen and oxygen atoms in total. The van der Waals surface area contributed by atoms with Gasteiger partial charge in [0.05, 0.1) is 19.0 Å². The maximum atomic E-state index is 11.1. The molecule has 3 rings (SSSR count). The maximum Gasteiger partial charge on any atom is 0.417 e. The van der Waals surface area contributed by atoms with Crippen molar-refractivity contribution in [1.82, 2.24) is 4.98 Å². The van der Waals surface area contributed by atoms with Gasteiger partial charge in [-0.1, -0.05) is 45.2 Å². The lowest BCUT2D eigenvalue weighted by Crippen LogP contribution is -1.92. The van der Waals surface area contributed by atoms with Crippen LogP contribution in [0.1, 0.15) is 16.0 Å². The molecule has 1 aromatic carbocycles. The van der Waals surface area contributed by atoms with Gasteiger partial charge in [0.2, 0.25) is 0 Å². The number of oxazole rings is 1. The second kappa shape index (κ2) is 4.98. The molecule has 0 spiro atoms. The highest BCUT2D eigenvalue weighted by atomic mass is 79.9. The minimum Gasteiger partial charge on any atom is -0.408 e. The number of hydrogen-bond acceptors (Lipinski definition) is 3. The van der Waals surface area contributed by atoms with E-state index >= 15 is 0 Å². The summed E-state index contributed by atoms with van der Waals surface area (Å²) in [5, 5.41) is 0. The van der Waals surface area contributed by atoms with Crippen LogP contribution >= 0.6 is 50.5 Å². The van der Waals surface area contributed by atoms with Crippen LogP contribution in [0.2, 0.25) is 8.67 Å². The van der Waals surface area contributed by atoms with Crippen LogP contribution in [0.5, 0.6) is 0 Å². The van der Waals surface area contributed by atoms with Crippen molar-refractivity contribution >= 4 is 61.6 Å². The molecule has 0 bridgehead atoms. The molecule has 0 amide bonds. The van der Waals surface area contributed by atoms with E-state index < -0.39 is 5.76 Å². The van der Waals surface area contributed by atoms with Gasteiger partial charge in [-0.05, 0) is 23.8 Å². The Morgan fingerprint density at radius 3 is 2.79 bits per heavy atom. The summed E-state index contributed by atoms with van der Waals surface area (Å²) in [7, 11) is 0. The van der Waals surface area contributed by atoms with Crippen LogP contribution in [0.15, 0.2) is 33.5 Å². The number of nitrogens with one attached hydrogen (secondary N) is 1. The van der Waals surface area contributed by atoms with Gasteiger partial charge in [-0.3, -0.25) is 4.98 Å². The Balaban J connectivity index is 2.08. The van der Waals surface area contributed by atoms with E-state index in [1.165, 1.54) is 11.3 Å². The van der Waals surface area contributed by atoms with Gasteiger partial charge < -0.3 is 4.42 Å². The predicted molar refractivity (Wildman–Crippen MR) is 81.9 cm³/mol. The number of aromatic nitrogens is 1. The summed E-state index contributed by atoms with van der Waals surface area (Å²) in [5.41, 5.74) is 3.02. The first-order valence-corrected chi connectivity index (χ1v) is 7.75. The molecule has 2 aromatic heterocycles. The zero-order chi connectivity index (χ0) is 13.6. The third-order valence-corrected chi connectivity index (χ3v) is 5.23. The lowest BCUT2D eigenvalue weighted by Gasteiger charge is -2.08. The lowest BCUT2D eigenvalue weighted by molar-refractivity contribution is 0.555. The Hall–Kier alpha value is -0.750. The van der Waals surface area contributed by atoms with E-state index in [9.17, 15) is 4.79 Å². The van der Waals surface area contributed by atoms with Crippen molar-refractivity contribution in [3.8, 4) is 0 Å². The number of thiophene rings is 1. The molecule has 0 saturated heterocycles. The molecule has 0 saturated carbocycles. The monoisotopic (exact) mass is 377 g/mol. The van der Waals surface area contributed by atoms with Gasteiger partial charge in [-0.25, -0.2) is 4.79 Å². The molecular weight excluding hydrogens is 373 g/mol. The van der Waals surface area contributed by atoms with Crippen molar-refractivity contribution in [1.29, 1.82) is 0 Å². The summed E-state index contributed by atoms with van der Waals surface area (Å²) >= 11 is 17.0. The normalized spacial score (nSPS) is 13.0. The first-order valence-electron chi connectivity index (χ1n) is 5.26. The smallest absolute Gasteiger partial charge is 0.408 e. The third-order valence-electron chi connectivity index (χ3n) is 2.69.